The summed E-state index contributed by atoms with van der Waals surface area (Å²) in [6.07, 6.45) is 0. The minimum absolute atomic E-state index is 0.384. The van der Waals surface area contributed by atoms with Crippen molar-refractivity contribution in [3.8, 4) is 0 Å². The molecule has 3 rings (SSSR count). The molecule has 0 bridgehead atoms. The van der Waals surface area contributed by atoms with Crippen molar-refractivity contribution in [3.63, 3.8) is 0 Å². The van der Waals surface area contributed by atoms with E-state index in [2.05, 4.69) is 4.98 Å². The van der Waals surface area contributed by atoms with Crippen molar-refractivity contribution < 1.29 is 4.79 Å². The topological polar surface area (TPSA) is 80.9 Å². The van der Waals surface area contributed by atoms with Crippen LogP contribution in [0.25, 0.3) is 11.0 Å². The van der Waals surface area contributed by atoms with Crippen LogP contribution < -0.4 is 11.4 Å². The maximum atomic E-state index is 12.4. The molecule has 2 aromatic carbocycles. The first kappa shape index (κ1) is 12.5. The molecular weight excluding hydrogens is 278 g/mol. The quantitative estimate of drug-likeness (QED) is 0.674. The third-order valence-corrected chi connectivity index (χ3v) is 3.25. The average Bonchev–Trinajstić information content (AvgIpc) is 2.73. The van der Waals surface area contributed by atoms with Crippen LogP contribution in [-0.2, 0) is 0 Å². The van der Waals surface area contributed by atoms with Crippen molar-refractivity contribution in [3.05, 3.63) is 63.5 Å². The number of nitrogens with two attached hydrogens (primary N) is 1. The number of imidazole rings is 1. The molecule has 1 aromatic heterocycles. The van der Waals surface area contributed by atoms with E-state index in [9.17, 15) is 9.59 Å². The first-order valence-corrected chi connectivity index (χ1v) is 6.24. The zero-order valence-corrected chi connectivity index (χ0v) is 11.0. The number of carbonyl (C=O) groups excluding carboxylic acids is 1. The molecule has 0 fully saturated rings. The predicted molar refractivity (Wildman–Crippen MR) is 78.2 cm³/mol. The molecule has 20 heavy (non-hydrogen) atoms. The number of nitrogen functional groups attached to an aromatic ring is 1. The van der Waals surface area contributed by atoms with Crippen molar-refractivity contribution in [2.75, 3.05) is 5.73 Å². The summed E-state index contributed by atoms with van der Waals surface area (Å²) in [7, 11) is 0. The maximum Gasteiger partial charge on any atom is 0.333 e. The SMILES string of the molecule is Nc1ccc2c(c1)[nH]c(=O)n2C(=O)c1ccc(Cl)cc1. The summed E-state index contributed by atoms with van der Waals surface area (Å²) in [5, 5.41) is 0.528. The van der Waals surface area contributed by atoms with Crippen LogP contribution in [-0.4, -0.2) is 15.5 Å². The lowest BCUT2D eigenvalue weighted by Gasteiger charge is -2.02. The molecule has 0 unspecified atom stereocenters. The van der Waals surface area contributed by atoms with Crippen LogP contribution in [0.15, 0.2) is 47.3 Å². The van der Waals surface area contributed by atoms with E-state index in [0.29, 0.717) is 27.3 Å². The zero-order valence-electron chi connectivity index (χ0n) is 10.3. The lowest BCUT2D eigenvalue weighted by molar-refractivity contribution is 0.0961. The third-order valence-electron chi connectivity index (χ3n) is 3.00. The zero-order chi connectivity index (χ0) is 14.3. The normalized spacial score (nSPS) is 10.8. The van der Waals surface area contributed by atoms with Crippen LogP contribution in [0.2, 0.25) is 5.02 Å². The van der Waals surface area contributed by atoms with Gasteiger partial charge in [-0.1, -0.05) is 11.6 Å². The van der Waals surface area contributed by atoms with Gasteiger partial charge in [-0.05, 0) is 42.5 Å². The van der Waals surface area contributed by atoms with Crippen molar-refractivity contribution in [1.29, 1.82) is 0 Å². The Kier molecular flexibility index (Phi) is 2.84. The number of carbonyl (C=O) groups is 1. The van der Waals surface area contributed by atoms with Gasteiger partial charge < -0.3 is 10.7 Å². The molecule has 0 saturated heterocycles. The Balaban J connectivity index is 2.19. The monoisotopic (exact) mass is 287 g/mol. The van der Waals surface area contributed by atoms with Gasteiger partial charge >= 0.3 is 5.69 Å². The molecule has 5 nitrogen and oxygen atoms in total. The lowest BCUT2D eigenvalue weighted by atomic mass is 10.2. The van der Waals surface area contributed by atoms with E-state index in [1.54, 1.807) is 42.5 Å². The minimum Gasteiger partial charge on any atom is -0.399 e. The molecular formula is C14H10ClN3O2. The molecule has 0 spiro atoms. The fourth-order valence-electron chi connectivity index (χ4n) is 2.05. The molecule has 0 radical (unpaired) electrons. The van der Waals surface area contributed by atoms with Gasteiger partial charge in [-0.3, -0.25) is 4.79 Å². The van der Waals surface area contributed by atoms with Gasteiger partial charge in [0.25, 0.3) is 5.91 Å². The second-order valence-electron chi connectivity index (χ2n) is 4.35. The van der Waals surface area contributed by atoms with Crippen LogP contribution in [0, 0.1) is 0 Å². The number of aromatic nitrogens is 2. The van der Waals surface area contributed by atoms with Crippen LogP contribution in [0.1, 0.15) is 10.4 Å². The van der Waals surface area contributed by atoms with Crippen molar-refractivity contribution in [2.45, 2.75) is 0 Å². The van der Waals surface area contributed by atoms with Crippen LogP contribution in [0.4, 0.5) is 5.69 Å². The number of benzene rings is 2. The summed E-state index contributed by atoms with van der Waals surface area (Å²) < 4.78 is 1.08. The highest BCUT2D eigenvalue weighted by molar-refractivity contribution is 6.30. The van der Waals surface area contributed by atoms with E-state index >= 15 is 0 Å². The number of hydrogen-bond acceptors (Lipinski definition) is 3. The fraction of sp³-hybridized carbons (Fsp3) is 0. The smallest absolute Gasteiger partial charge is 0.333 e. The largest absolute Gasteiger partial charge is 0.399 e. The predicted octanol–water partition coefficient (Wildman–Crippen LogP) is 2.25. The van der Waals surface area contributed by atoms with Gasteiger partial charge in [-0.15, -0.1) is 0 Å². The summed E-state index contributed by atoms with van der Waals surface area (Å²) >= 11 is 5.79. The Labute approximate surface area is 118 Å². The number of halogens is 1. The summed E-state index contributed by atoms with van der Waals surface area (Å²) in [5.41, 5.74) is 7.08. The standard InChI is InChI=1S/C14H10ClN3O2/c15-9-3-1-8(2-4-9)13(19)18-12-6-5-10(16)7-11(12)17-14(18)20/h1-7H,16H2,(H,17,20). The van der Waals surface area contributed by atoms with Gasteiger partial charge in [-0.2, -0.15) is 0 Å². The van der Waals surface area contributed by atoms with Crippen LogP contribution >= 0.6 is 11.6 Å². The number of anilines is 1. The molecule has 0 amide bonds. The van der Waals surface area contributed by atoms with Gasteiger partial charge in [0, 0.05) is 16.3 Å². The Morgan fingerprint density at radius 1 is 1.15 bits per heavy atom. The average molecular weight is 288 g/mol. The molecule has 1 heterocycles. The van der Waals surface area contributed by atoms with Gasteiger partial charge in [0.1, 0.15) is 0 Å². The molecule has 100 valence electrons. The van der Waals surface area contributed by atoms with E-state index in [1.807, 2.05) is 0 Å². The Morgan fingerprint density at radius 2 is 1.85 bits per heavy atom. The number of aromatic amines is 1. The van der Waals surface area contributed by atoms with Crippen LogP contribution in [0.5, 0.6) is 0 Å². The van der Waals surface area contributed by atoms with Crippen molar-refractivity contribution >= 4 is 34.2 Å². The summed E-state index contributed by atoms with van der Waals surface area (Å²) in [6.45, 7) is 0. The Hall–Kier alpha value is -2.53. The lowest BCUT2D eigenvalue weighted by Crippen LogP contribution is -2.24. The highest BCUT2D eigenvalue weighted by atomic mass is 35.5. The third kappa shape index (κ3) is 1.98. The molecule has 3 N–H and O–H groups in total. The first-order valence-electron chi connectivity index (χ1n) is 5.87. The van der Waals surface area contributed by atoms with Gasteiger partial charge in [-0.25, -0.2) is 9.36 Å². The molecule has 6 heteroatoms. The molecule has 0 saturated carbocycles. The number of nitrogens with zero attached hydrogens (tertiary/aromatic N) is 1. The van der Waals surface area contributed by atoms with Crippen LogP contribution in [0.3, 0.4) is 0 Å². The minimum atomic E-state index is -0.495. The summed E-state index contributed by atoms with van der Waals surface area (Å²) in [5.74, 6) is -0.414. The van der Waals surface area contributed by atoms with Gasteiger partial charge in [0.2, 0.25) is 0 Å². The number of nitrogens with one attached hydrogen (secondary N) is 1. The van der Waals surface area contributed by atoms with E-state index in [0.717, 1.165) is 4.57 Å². The number of H-pyrrole nitrogens is 1. The van der Waals surface area contributed by atoms with E-state index in [1.165, 1.54) is 0 Å². The van der Waals surface area contributed by atoms with Crippen molar-refractivity contribution in [1.82, 2.24) is 9.55 Å². The second-order valence-corrected chi connectivity index (χ2v) is 4.79. The maximum absolute atomic E-state index is 12.4. The molecule has 0 aliphatic carbocycles. The van der Waals surface area contributed by atoms with E-state index < -0.39 is 11.6 Å². The second kappa shape index (κ2) is 4.54. The Morgan fingerprint density at radius 3 is 2.55 bits per heavy atom. The molecule has 0 atom stereocenters. The van der Waals surface area contributed by atoms with E-state index in [-0.39, 0.29) is 0 Å². The highest BCUT2D eigenvalue weighted by Crippen LogP contribution is 2.16. The molecule has 0 aliphatic rings. The molecule has 3 aromatic rings. The highest BCUT2D eigenvalue weighted by Gasteiger charge is 2.15. The van der Waals surface area contributed by atoms with Gasteiger partial charge in [0.15, 0.2) is 0 Å². The van der Waals surface area contributed by atoms with Crippen molar-refractivity contribution in [2.24, 2.45) is 0 Å². The number of rotatable bonds is 1. The fourth-order valence-corrected chi connectivity index (χ4v) is 2.18. The first-order chi connectivity index (χ1) is 9.56. The molecule has 0 aliphatic heterocycles. The number of fused-ring (bicyclic) bond motifs is 1. The summed E-state index contributed by atoms with van der Waals surface area (Å²) in [4.78, 5) is 27.0. The van der Waals surface area contributed by atoms with Gasteiger partial charge in [0.05, 0.1) is 11.0 Å². The summed E-state index contributed by atoms with van der Waals surface area (Å²) in [6, 6.07) is 11.2. The number of hydrogen-bond donors (Lipinski definition) is 2. The Bertz CT molecular complexity index is 862. The van der Waals surface area contributed by atoms with E-state index in [4.69, 9.17) is 17.3 Å².